The molecule has 4 heterocycles. The summed E-state index contributed by atoms with van der Waals surface area (Å²) in [4.78, 5) is 22.9. The summed E-state index contributed by atoms with van der Waals surface area (Å²) in [5, 5.41) is 12.8. The molecule has 162 valence electrons. The number of aromatic nitrogens is 6. The smallest absolute Gasteiger partial charge is 0.182 e. The van der Waals surface area contributed by atoms with Gasteiger partial charge in [-0.15, -0.1) is 0 Å². The van der Waals surface area contributed by atoms with Gasteiger partial charge in [-0.25, -0.2) is 24.3 Å². The van der Waals surface area contributed by atoms with E-state index in [2.05, 4.69) is 34.7 Å². The van der Waals surface area contributed by atoms with Crippen LogP contribution >= 0.6 is 0 Å². The molecule has 0 saturated carbocycles. The number of aliphatic hydroxyl groups is 1. The minimum Gasteiger partial charge on any atom is -0.395 e. The summed E-state index contributed by atoms with van der Waals surface area (Å²) in [7, 11) is 0. The third-order valence-corrected chi connectivity index (χ3v) is 5.90. The molecule has 9 nitrogen and oxygen atoms in total. The van der Waals surface area contributed by atoms with Gasteiger partial charge in [-0.3, -0.25) is 4.90 Å². The van der Waals surface area contributed by atoms with Crippen molar-refractivity contribution in [3.63, 3.8) is 0 Å². The summed E-state index contributed by atoms with van der Waals surface area (Å²) in [6.45, 7) is 4.54. The number of β-amino-alcohol motifs (C(OH)–C–C–N with tert-alkyl or cyclic N) is 1. The van der Waals surface area contributed by atoms with Crippen molar-refractivity contribution in [3.05, 3.63) is 42.5 Å². The predicted octanol–water partition coefficient (Wildman–Crippen LogP) is 2.64. The summed E-state index contributed by atoms with van der Waals surface area (Å²) in [5.74, 6) is 1.19. The fraction of sp³-hybridized carbons (Fsp3) is 0.429. The van der Waals surface area contributed by atoms with E-state index in [1.54, 1.807) is 18.5 Å². The molecule has 0 amide bonds. The highest BCUT2D eigenvalue weighted by Crippen LogP contribution is 2.32. The van der Waals surface area contributed by atoms with E-state index in [1.165, 1.54) is 12.4 Å². The minimum absolute atomic E-state index is 0.130. The summed E-state index contributed by atoms with van der Waals surface area (Å²) < 4.78 is 16.3. The maximum Gasteiger partial charge on any atom is 0.182 e. The first-order valence-corrected chi connectivity index (χ1v) is 10.5. The van der Waals surface area contributed by atoms with Crippen molar-refractivity contribution in [2.75, 3.05) is 31.6 Å². The third-order valence-electron chi connectivity index (χ3n) is 5.90. The number of piperidine rings is 1. The third kappa shape index (κ3) is 3.72. The quantitative estimate of drug-likeness (QED) is 0.437. The molecule has 1 fully saturated rings. The van der Waals surface area contributed by atoms with Crippen molar-refractivity contribution < 1.29 is 9.50 Å². The fourth-order valence-electron chi connectivity index (χ4n) is 4.50. The Balaban J connectivity index is 1.54. The number of halogens is 1. The van der Waals surface area contributed by atoms with Crippen LogP contribution in [0.3, 0.4) is 0 Å². The lowest BCUT2D eigenvalue weighted by Crippen LogP contribution is -2.38. The van der Waals surface area contributed by atoms with E-state index < -0.39 is 0 Å². The molecule has 10 heteroatoms. The number of anilines is 1. The molecule has 31 heavy (non-hydrogen) atoms. The van der Waals surface area contributed by atoms with Gasteiger partial charge >= 0.3 is 0 Å². The SMILES string of the molecule is C[C@@H](Nc1ncnc2nc[nH]c12)c1nc2ccc(F)cc2n1C1CCCN(CCO)C1. The molecule has 0 radical (unpaired) electrons. The average molecular weight is 424 g/mol. The lowest BCUT2D eigenvalue weighted by Gasteiger charge is -2.34. The zero-order valence-electron chi connectivity index (χ0n) is 17.3. The largest absolute Gasteiger partial charge is 0.395 e. The maximum atomic E-state index is 14.1. The maximum absolute atomic E-state index is 14.1. The Labute approximate surface area is 178 Å². The average Bonchev–Trinajstić information content (AvgIpc) is 3.39. The lowest BCUT2D eigenvalue weighted by atomic mass is 10.0. The van der Waals surface area contributed by atoms with E-state index in [9.17, 15) is 9.50 Å². The normalized spacial score (nSPS) is 18.6. The molecule has 2 atom stereocenters. The van der Waals surface area contributed by atoms with Crippen LogP contribution in [0, 0.1) is 5.82 Å². The second-order valence-corrected chi connectivity index (χ2v) is 7.98. The topological polar surface area (TPSA) is 108 Å². The Morgan fingerprint density at radius 3 is 3.10 bits per heavy atom. The predicted molar refractivity (Wildman–Crippen MR) is 115 cm³/mol. The fourth-order valence-corrected chi connectivity index (χ4v) is 4.50. The Hall–Kier alpha value is -3.11. The molecule has 4 aromatic rings. The Morgan fingerprint density at radius 1 is 1.32 bits per heavy atom. The van der Waals surface area contributed by atoms with Gasteiger partial charge in [0.05, 0.1) is 30.0 Å². The molecule has 0 aliphatic carbocycles. The van der Waals surface area contributed by atoms with Crippen molar-refractivity contribution in [2.24, 2.45) is 0 Å². The highest BCUT2D eigenvalue weighted by Gasteiger charge is 2.27. The van der Waals surface area contributed by atoms with E-state index >= 15 is 0 Å². The van der Waals surface area contributed by atoms with Gasteiger partial charge in [0.15, 0.2) is 11.5 Å². The minimum atomic E-state index is -0.279. The zero-order chi connectivity index (χ0) is 21.4. The number of H-pyrrole nitrogens is 1. The highest BCUT2D eigenvalue weighted by molar-refractivity contribution is 5.82. The number of nitrogens with zero attached hydrogens (tertiary/aromatic N) is 6. The molecule has 1 unspecified atom stereocenters. The van der Waals surface area contributed by atoms with Crippen LogP contribution in [0.5, 0.6) is 0 Å². The van der Waals surface area contributed by atoms with Crippen LogP contribution < -0.4 is 5.32 Å². The summed E-state index contributed by atoms with van der Waals surface area (Å²) in [6.07, 6.45) is 5.05. The second-order valence-electron chi connectivity index (χ2n) is 7.98. The number of imidazole rings is 2. The summed E-state index contributed by atoms with van der Waals surface area (Å²) in [6, 6.07) is 4.68. The van der Waals surface area contributed by atoms with Crippen molar-refractivity contribution >= 4 is 28.0 Å². The van der Waals surface area contributed by atoms with Crippen LogP contribution in [0.15, 0.2) is 30.9 Å². The van der Waals surface area contributed by atoms with Crippen LogP contribution in [0.25, 0.3) is 22.2 Å². The molecule has 1 aromatic carbocycles. The van der Waals surface area contributed by atoms with Crippen molar-refractivity contribution in [1.29, 1.82) is 0 Å². The molecule has 1 saturated heterocycles. The molecule has 3 aromatic heterocycles. The molecular formula is C21H25FN8O. The van der Waals surface area contributed by atoms with Gasteiger partial charge in [-0.2, -0.15) is 0 Å². The number of aromatic amines is 1. The van der Waals surface area contributed by atoms with Gasteiger partial charge in [-0.05, 0) is 44.5 Å². The first-order chi connectivity index (χ1) is 15.1. The standard InChI is InChI=1S/C21H25FN8O/c1-13(27-20-18-19(24-11-23-18)25-12-26-20)21-28-16-5-4-14(22)9-17(16)30(21)15-3-2-6-29(10-15)7-8-31/h4-5,9,11-13,15,31H,2-3,6-8,10H2,1H3,(H2,23,24,25,26,27)/t13-,15?/m1/s1. The number of rotatable bonds is 6. The summed E-state index contributed by atoms with van der Waals surface area (Å²) >= 11 is 0. The van der Waals surface area contributed by atoms with Crippen LogP contribution in [0.1, 0.15) is 37.7 Å². The second kappa shape index (κ2) is 8.20. The molecule has 5 rings (SSSR count). The van der Waals surface area contributed by atoms with Crippen molar-refractivity contribution in [2.45, 2.75) is 31.8 Å². The Kier molecular flexibility index (Phi) is 5.24. The monoisotopic (exact) mass is 424 g/mol. The number of hydrogen-bond acceptors (Lipinski definition) is 7. The van der Waals surface area contributed by atoms with E-state index in [-0.39, 0.29) is 24.5 Å². The van der Waals surface area contributed by atoms with Gasteiger partial charge < -0.3 is 20.0 Å². The first kappa shape index (κ1) is 19.8. The number of hydrogen-bond donors (Lipinski definition) is 3. The zero-order valence-corrected chi connectivity index (χ0v) is 17.3. The molecule has 1 aliphatic rings. The molecule has 3 N–H and O–H groups in total. The van der Waals surface area contributed by atoms with Crippen molar-refractivity contribution in [1.82, 2.24) is 34.4 Å². The first-order valence-electron chi connectivity index (χ1n) is 10.5. The number of aliphatic hydroxyl groups excluding tert-OH is 1. The van der Waals surface area contributed by atoms with Crippen LogP contribution in [0.4, 0.5) is 10.2 Å². The van der Waals surface area contributed by atoms with Gasteiger partial charge in [-0.1, -0.05) is 0 Å². The van der Waals surface area contributed by atoms with Gasteiger partial charge in [0.2, 0.25) is 0 Å². The Bertz CT molecular complexity index is 1200. The van der Waals surface area contributed by atoms with E-state index in [0.717, 1.165) is 48.3 Å². The molecular weight excluding hydrogens is 399 g/mol. The lowest BCUT2D eigenvalue weighted by molar-refractivity contribution is 0.142. The van der Waals surface area contributed by atoms with E-state index in [1.807, 2.05) is 6.92 Å². The highest BCUT2D eigenvalue weighted by atomic mass is 19.1. The number of fused-ring (bicyclic) bond motifs is 2. The summed E-state index contributed by atoms with van der Waals surface area (Å²) in [5.41, 5.74) is 2.87. The Morgan fingerprint density at radius 2 is 2.23 bits per heavy atom. The molecule has 0 bridgehead atoms. The van der Waals surface area contributed by atoms with Gasteiger partial charge in [0.25, 0.3) is 0 Å². The van der Waals surface area contributed by atoms with E-state index in [0.29, 0.717) is 18.0 Å². The number of nitrogens with one attached hydrogen (secondary N) is 2. The van der Waals surface area contributed by atoms with Crippen molar-refractivity contribution in [3.8, 4) is 0 Å². The number of likely N-dealkylation sites (tertiary alicyclic amines) is 1. The van der Waals surface area contributed by atoms with Gasteiger partial charge in [0.1, 0.15) is 23.5 Å². The van der Waals surface area contributed by atoms with E-state index in [4.69, 9.17) is 4.98 Å². The van der Waals surface area contributed by atoms with Gasteiger partial charge in [0, 0.05) is 19.1 Å². The van der Waals surface area contributed by atoms with Crippen LogP contribution in [-0.2, 0) is 0 Å². The van der Waals surface area contributed by atoms with Crippen LogP contribution in [0.2, 0.25) is 0 Å². The number of benzene rings is 1. The van der Waals surface area contributed by atoms with Crippen LogP contribution in [-0.4, -0.2) is 65.7 Å². The molecule has 1 aliphatic heterocycles. The molecule has 0 spiro atoms.